The van der Waals surface area contributed by atoms with Gasteiger partial charge < -0.3 is 9.80 Å². The Hall–Kier alpha value is -3.41. The van der Waals surface area contributed by atoms with Gasteiger partial charge in [-0.15, -0.1) is 0 Å². The fourth-order valence-electron chi connectivity index (χ4n) is 3.34. The van der Waals surface area contributed by atoms with E-state index in [1.807, 2.05) is 4.90 Å². The van der Waals surface area contributed by atoms with E-state index in [-0.39, 0.29) is 18.7 Å². The van der Waals surface area contributed by atoms with Crippen molar-refractivity contribution >= 4 is 21.6 Å². The van der Waals surface area contributed by atoms with Crippen LogP contribution in [0.3, 0.4) is 0 Å². The van der Waals surface area contributed by atoms with Gasteiger partial charge in [0.15, 0.2) is 5.82 Å². The molecular weight excluding hydrogens is 430 g/mol. The highest BCUT2D eigenvalue weighted by atomic mass is 32.2. The van der Waals surface area contributed by atoms with Gasteiger partial charge in [0.1, 0.15) is 12.1 Å². The van der Waals surface area contributed by atoms with Gasteiger partial charge in [-0.25, -0.2) is 23.1 Å². The lowest BCUT2D eigenvalue weighted by molar-refractivity contribution is 0.0742. The monoisotopic (exact) mass is 448 g/mol. The zero-order valence-electron chi connectivity index (χ0n) is 16.2. The van der Waals surface area contributed by atoms with Crippen LogP contribution in [0, 0.1) is 0 Å². The zero-order chi connectivity index (χ0) is 22.0. The first-order valence-electron chi connectivity index (χ1n) is 9.35. The number of anilines is 1. The van der Waals surface area contributed by atoms with Crippen molar-refractivity contribution in [1.29, 1.82) is 0 Å². The number of halogens is 2. The summed E-state index contributed by atoms with van der Waals surface area (Å²) < 4.78 is 51.6. The van der Waals surface area contributed by atoms with E-state index >= 15 is 0 Å². The lowest BCUT2D eigenvalue weighted by atomic mass is 10.2. The highest BCUT2D eigenvalue weighted by molar-refractivity contribution is 7.91. The van der Waals surface area contributed by atoms with Gasteiger partial charge in [0.05, 0.1) is 10.5 Å². The summed E-state index contributed by atoms with van der Waals surface area (Å²) in [6.45, 7) is 1.43. The SMILES string of the molecule is O=C(c1ccccc1S(=O)(=O)C(F)F)N1CCN(c2cc(-n3cccn3)ncn2)CC1. The van der Waals surface area contributed by atoms with Crippen LogP contribution in [0.15, 0.2) is 60.0 Å². The van der Waals surface area contributed by atoms with Crippen LogP contribution in [0.2, 0.25) is 0 Å². The molecule has 0 radical (unpaired) electrons. The molecule has 1 saturated heterocycles. The van der Waals surface area contributed by atoms with Crippen LogP contribution in [-0.4, -0.2) is 70.9 Å². The van der Waals surface area contributed by atoms with Crippen LogP contribution >= 0.6 is 0 Å². The van der Waals surface area contributed by atoms with Crippen molar-refractivity contribution in [3.8, 4) is 5.82 Å². The fourth-order valence-corrected chi connectivity index (χ4v) is 4.26. The molecule has 1 fully saturated rings. The van der Waals surface area contributed by atoms with Crippen LogP contribution in [0.1, 0.15) is 10.4 Å². The van der Waals surface area contributed by atoms with Crippen molar-refractivity contribution in [1.82, 2.24) is 24.6 Å². The highest BCUT2D eigenvalue weighted by Gasteiger charge is 2.33. The first-order chi connectivity index (χ1) is 14.9. The Morgan fingerprint density at radius 2 is 1.71 bits per heavy atom. The second-order valence-electron chi connectivity index (χ2n) is 6.77. The Labute approximate surface area is 176 Å². The summed E-state index contributed by atoms with van der Waals surface area (Å²) in [5.74, 6) is -2.94. The third-order valence-electron chi connectivity index (χ3n) is 4.93. The third-order valence-corrected chi connectivity index (χ3v) is 6.36. The normalized spacial score (nSPS) is 14.8. The summed E-state index contributed by atoms with van der Waals surface area (Å²) in [5, 5.41) is 4.13. The molecule has 0 aliphatic carbocycles. The van der Waals surface area contributed by atoms with E-state index in [1.54, 1.807) is 29.2 Å². The van der Waals surface area contributed by atoms with Gasteiger partial charge in [-0.1, -0.05) is 12.1 Å². The highest BCUT2D eigenvalue weighted by Crippen LogP contribution is 2.24. The molecule has 3 aromatic rings. The van der Waals surface area contributed by atoms with E-state index in [2.05, 4.69) is 15.1 Å². The number of carbonyl (C=O) groups excluding carboxylic acids is 1. The van der Waals surface area contributed by atoms with Crippen molar-refractivity contribution in [3.05, 3.63) is 60.7 Å². The molecule has 162 valence electrons. The molecule has 9 nitrogen and oxygen atoms in total. The van der Waals surface area contributed by atoms with E-state index in [9.17, 15) is 22.0 Å². The topological polar surface area (TPSA) is 101 Å². The molecule has 12 heteroatoms. The van der Waals surface area contributed by atoms with Gasteiger partial charge >= 0.3 is 5.76 Å². The molecule has 1 aromatic carbocycles. The molecule has 0 spiro atoms. The van der Waals surface area contributed by atoms with Crippen molar-refractivity contribution in [3.63, 3.8) is 0 Å². The summed E-state index contributed by atoms with van der Waals surface area (Å²) in [7, 11) is -4.89. The Balaban J connectivity index is 1.49. The van der Waals surface area contributed by atoms with E-state index < -0.39 is 26.4 Å². The van der Waals surface area contributed by atoms with Gasteiger partial charge in [0, 0.05) is 44.6 Å². The van der Waals surface area contributed by atoms with Crippen LogP contribution in [0.25, 0.3) is 5.82 Å². The maximum absolute atomic E-state index is 13.0. The number of piperazine rings is 1. The fraction of sp³-hybridized carbons (Fsp3) is 0.263. The molecule has 0 atom stereocenters. The molecule has 1 amide bonds. The molecule has 0 bridgehead atoms. The van der Waals surface area contributed by atoms with Crippen LogP contribution in [0.4, 0.5) is 14.6 Å². The van der Waals surface area contributed by atoms with Crippen molar-refractivity contribution < 1.29 is 22.0 Å². The minimum atomic E-state index is -4.89. The minimum Gasteiger partial charge on any atom is -0.353 e. The molecule has 0 saturated carbocycles. The Morgan fingerprint density at radius 1 is 1.00 bits per heavy atom. The lowest BCUT2D eigenvalue weighted by Crippen LogP contribution is -2.49. The smallest absolute Gasteiger partial charge is 0.341 e. The molecule has 0 N–H and O–H groups in total. The van der Waals surface area contributed by atoms with Gasteiger partial charge in [0.2, 0.25) is 9.84 Å². The second kappa shape index (κ2) is 8.38. The largest absolute Gasteiger partial charge is 0.353 e. The van der Waals surface area contributed by atoms with Gasteiger partial charge in [-0.3, -0.25) is 4.79 Å². The summed E-state index contributed by atoms with van der Waals surface area (Å²) in [6, 6.07) is 8.60. The summed E-state index contributed by atoms with van der Waals surface area (Å²) in [6.07, 6.45) is 4.82. The summed E-state index contributed by atoms with van der Waals surface area (Å²) >= 11 is 0. The molecular formula is C19H18F2N6O3S. The van der Waals surface area contributed by atoms with Gasteiger partial charge in [-0.05, 0) is 18.2 Å². The number of carbonyl (C=O) groups is 1. The number of benzene rings is 1. The van der Waals surface area contributed by atoms with Gasteiger partial charge in [-0.2, -0.15) is 13.9 Å². The Morgan fingerprint density at radius 3 is 2.39 bits per heavy atom. The third kappa shape index (κ3) is 4.10. The van der Waals surface area contributed by atoms with Crippen LogP contribution in [0.5, 0.6) is 0 Å². The average molecular weight is 448 g/mol. The van der Waals surface area contributed by atoms with Gasteiger partial charge in [0.25, 0.3) is 5.91 Å². The lowest BCUT2D eigenvalue weighted by Gasteiger charge is -2.35. The first kappa shape index (κ1) is 20.8. The quantitative estimate of drug-likeness (QED) is 0.585. The molecule has 1 aliphatic heterocycles. The van der Waals surface area contributed by atoms with Crippen molar-refractivity contribution in [2.45, 2.75) is 10.7 Å². The number of alkyl halides is 2. The number of nitrogens with zero attached hydrogens (tertiary/aromatic N) is 6. The number of sulfone groups is 1. The van der Waals surface area contributed by atoms with E-state index in [0.29, 0.717) is 24.7 Å². The predicted octanol–water partition coefficient (Wildman–Crippen LogP) is 1.62. The molecule has 31 heavy (non-hydrogen) atoms. The number of amides is 1. The molecule has 1 aliphatic rings. The van der Waals surface area contributed by atoms with E-state index in [1.165, 1.54) is 29.4 Å². The molecule has 3 heterocycles. The first-order valence-corrected chi connectivity index (χ1v) is 10.9. The second-order valence-corrected chi connectivity index (χ2v) is 8.65. The Kier molecular flexibility index (Phi) is 5.63. The van der Waals surface area contributed by atoms with Crippen molar-refractivity contribution in [2.75, 3.05) is 31.1 Å². The predicted molar refractivity (Wildman–Crippen MR) is 107 cm³/mol. The molecule has 4 rings (SSSR count). The number of hydrogen-bond acceptors (Lipinski definition) is 7. The van der Waals surface area contributed by atoms with E-state index in [0.717, 1.165) is 6.07 Å². The Bertz CT molecular complexity index is 1180. The molecule has 0 unspecified atom stereocenters. The molecule has 2 aromatic heterocycles. The van der Waals surface area contributed by atoms with Crippen LogP contribution < -0.4 is 4.90 Å². The number of hydrogen-bond donors (Lipinski definition) is 0. The zero-order valence-corrected chi connectivity index (χ0v) is 17.0. The number of aromatic nitrogens is 4. The number of rotatable bonds is 5. The average Bonchev–Trinajstić information content (AvgIpc) is 3.34. The van der Waals surface area contributed by atoms with Crippen molar-refractivity contribution in [2.24, 2.45) is 0 Å². The minimum absolute atomic E-state index is 0.251. The standard InChI is InChI=1S/C19H18F2N6O3S/c20-19(21)31(29,30)15-5-2-1-4-14(15)18(28)26-10-8-25(9-11-26)16-12-17(23-13-22-16)27-7-3-6-24-27/h1-7,12-13,19H,8-11H2. The summed E-state index contributed by atoms with van der Waals surface area (Å²) in [4.78, 5) is 24.1. The maximum atomic E-state index is 13.0. The van der Waals surface area contributed by atoms with E-state index in [4.69, 9.17) is 0 Å². The maximum Gasteiger partial charge on any atom is 0.341 e. The summed E-state index contributed by atoms with van der Waals surface area (Å²) in [5.41, 5.74) is -0.251. The van der Waals surface area contributed by atoms with Crippen LogP contribution in [-0.2, 0) is 9.84 Å².